The van der Waals surface area contributed by atoms with Crippen LogP contribution in [0, 0.1) is 6.92 Å². The van der Waals surface area contributed by atoms with Gasteiger partial charge in [0.15, 0.2) is 0 Å². The van der Waals surface area contributed by atoms with E-state index in [0.29, 0.717) is 0 Å². The fourth-order valence-corrected chi connectivity index (χ4v) is 1.40. The van der Waals surface area contributed by atoms with E-state index in [0.717, 1.165) is 16.8 Å². The second-order valence-electron chi connectivity index (χ2n) is 3.09. The minimum Gasteiger partial charge on any atom is -0.223 e. The van der Waals surface area contributed by atoms with E-state index < -0.39 is 0 Å². The number of hydrogen-bond acceptors (Lipinski definition) is 2. The zero-order valence-corrected chi connectivity index (χ0v) is 8.01. The predicted molar refractivity (Wildman–Crippen MR) is 56.2 cm³/mol. The number of rotatable bonds is 2. The summed E-state index contributed by atoms with van der Waals surface area (Å²) in [5.41, 5.74) is 3.33. The molecule has 3 nitrogen and oxygen atoms in total. The van der Waals surface area contributed by atoms with Gasteiger partial charge >= 0.3 is 0 Å². The third-order valence-electron chi connectivity index (χ3n) is 2.12. The van der Waals surface area contributed by atoms with Crippen molar-refractivity contribution in [3.63, 3.8) is 0 Å². The van der Waals surface area contributed by atoms with Crippen LogP contribution in [0.5, 0.6) is 0 Å². The molecule has 0 aliphatic rings. The Morgan fingerprint density at radius 2 is 2.29 bits per heavy atom. The summed E-state index contributed by atoms with van der Waals surface area (Å²) in [6, 6.07) is 6.10. The Bertz CT molecular complexity index is 444. The van der Waals surface area contributed by atoms with Gasteiger partial charge in [-0.15, -0.1) is 0 Å². The topological polar surface area (TPSA) is 30.7 Å². The highest BCUT2D eigenvalue weighted by molar-refractivity contribution is 5.53. The second kappa shape index (κ2) is 3.46. The average Bonchev–Trinajstić information content (AvgIpc) is 2.70. The van der Waals surface area contributed by atoms with Crippen LogP contribution in [0.3, 0.4) is 0 Å². The largest absolute Gasteiger partial charge is 0.223 e. The smallest absolute Gasteiger partial charge is 0.138 e. The molecule has 0 saturated carbocycles. The molecule has 2 rings (SSSR count). The SMILES string of the molecule is C=Cc1ccc(-n2cncn2)c(C)c1. The van der Waals surface area contributed by atoms with Gasteiger partial charge < -0.3 is 0 Å². The van der Waals surface area contributed by atoms with Gasteiger partial charge in [0.2, 0.25) is 0 Å². The molecule has 14 heavy (non-hydrogen) atoms. The molecule has 1 heterocycles. The van der Waals surface area contributed by atoms with Crippen LogP contribution < -0.4 is 0 Å². The van der Waals surface area contributed by atoms with E-state index in [9.17, 15) is 0 Å². The second-order valence-corrected chi connectivity index (χ2v) is 3.09. The van der Waals surface area contributed by atoms with E-state index in [-0.39, 0.29) is 0 Å². The number of aryl methyl sites for hydroxylation is 1. The molecular formula is C11H11N3. The van der Waals surface area contributed by atoms with Crippen LogP contribution in [0.15, 0.2) is 37.4 Å². The standard InChI is InChI=1S/C11H11N3/c1-3-10-4-5-11(9(2)6-10)14-8-12-7-13-14/h3-8H,1H2,2H3. The van der Waals surface area contributed by atoms with Gasteiger partial charge in [-0.2, -0.15) is 5.10 Å². The van der Waals surface area contributed by atoms with Crippen molar-refractivity contribution in [2.45, 2.75) is 6.92 Å². The Balaban J connectivity index is 2.51. The van der Waals surface area contributed by atoms with Crippen molar-refractivity contribution in [2.75, 3.05) is 0 Å². The molecule has 0 aliphatic heterocycles. The first kappa shape index (κ1) is 8.69. The first-order valence-electron chi connectivity index (χ1n) is 4.39. The molecule has 1 aromatic carbocycles. The molecule has 1 aromatic heterocycles. The summed E-state index contributed by atoms with van der Waals surface area (Å²) in [6.45, 7) is 5.78. The van der Waals surface area contributed by atoms with E-state index in [1.165, 1.54) is 6.33 Å². The molecular weight excluding hydrogens is 174 g/mol. The molecule has 0 unspecified atom stereocenters. The Hall–Kier alpha value is -1.90. The summed E-state index contributed by atoms with van der Waals surface area (Å²) < 4.78 is 1.75. The summed E-state index contributed by atoms with van der Waals surface area (Å²) in [6.07, 6.45) is 5.05. The van der Waals surface area contributed by atoms with E-state index in [1.54, 1.807) is 11.0 Å². The fraction of sp³-hybridized carbons (Fsp3) is 0.0909. The van der Waals surface area contributed by atoms with Crippen molar-refractivity contribution in [1.29, 1.82) is 0 Å². The molecule has 0 spiro atoms. The van der Waals surface area contributed by atoms with Crippen LogP contribution in [0.4, 0.5) is 0 Å². The van der Waals surface area contributed by atoms with Gasteiger partial charge in [0.25, 0.3) is 0 Å². The van der Waals surface area contributed by atoms with Crippen molar-refractivity contribution < 1.29 is 0 Å². The Labute approximate surface area is 82.7 Å². The third-order valence-corrected chi connectivity index (χ3v) is 2.12. The number of benzene rings is 1. The van der Waals surface area contributed by atoms with Gasteiger partial charge in [0, 0.05) is 0 Å². The zero-order valence-electron chi connectivity index (χ0n) is 8.01. The lowest BCUT2D eigenvalue weighted by Gasteiger charge is -2.05. The first-order chi connectivity index (χ1) is 6.81. The summed E-state index contributed by atoms with van der Waals surface area (Å²) in [4.78, 5) is 3.91. The van der Waals surface area contributed by atoms with E-state index >= 15 is 0 Å². The molecule has 70 valence electrons. The molecule has 0 aliphatic carbocycles. The van der Waals surface area contributed by atoms with Crippen LogP contribution in [0.2, 0.25) is 0 Å². The maximum absolute atomic E-state index is 4.08. The van der Waals surface area contributed by atoms with Crippen molar-refractivity contribution in [2.24, 2.45) is 0 Å². The van der Waals surface area contributed by atoms with Crippen molar-refractivity contribution in [3.8, 4) is 5.69 Å². The minimum absolute atomic E-state index is 1.05. The maximum Gasteiger partial charge on any atom is 0.138 e. The molecule has 0 fully saturated rings. The number of nitrogens with zero attached hydrogens (tertiary/aromatic N) is 3. The number of aromatic nitrogens is 3. The molecule has 2 aromatic rings. The van der Waals surface area contributed by atoms with Crippen LogP contribution in [0.1, 0.15) is 11.1 Å². The molecule has 0 radical (unpaired) electrons. The van der Waals surface area contributed by atoms with E-state index in [2.05, 4.69) is 22.7 Å². The van der Waals surface area contributed by atoms with Gasteiger partial charge in [-0.1, -0.05) is 18.7 Å². The zero-order chi connectivity index (χ0) is 9.97. The van der Waals surface area contributed by atoms with Gasteiger partial charge in [0.1, 0.15) is 12.7 Å². The molecule has 0 amide bonds. The minimum atomic E-state index is 1.05. The van der Waals surface area contributed by atoms with Crippen LogP contribution in [-0.2, 0) is 0 Å². The quantitative estimate of drug-likeness (QED) is 0.718. The van der Waals surface area contributed by atoms with Crippen molar-refractivity contribution >= 4 is 6.08 Å². The maximum atomic E-state index is 4.08. The molecule has 0 atom stereocenters. The highest BCUT2D eigenvalue weighted by atomic mass is 15.3. The average molecular weight is 185 g/mol. The molecule has 0 bridgehead atoms. The van der Waals surface area contributed by atoms with Gasteiger partial charge in [0.05, 0.1) is 5.69 Å². The highest BCUT2D eigenvalue weighted by Gasteiger charge is 2.00. The monoisotopic (exact) mass is 185 g/mol. The van der Waals surface area contributed by atoms with Gasteiger partial charge in [-0.3, -0.25) is 0 Å². The molecule has 3 heteroatoms. The molecule has 0 N–H and O–H groups in total. The Kier molecular flexibility index (Phi) is 2.14. The normalized spacial score (nSPS) is 10.1. The third kappa shape index (κ3) is 1.44. The van der Waals surface area contributed by atoms with Crippen LogP contribution in [0.25, 0.3) is 11.8 Å². The highest BCUT2D eigenvalue weighted by Crippen LogP contribution is 2.14. The summed E-state index contributed by atoms with van der Waals surface area (Å²) in [7, 11) is 0. The van der Waals surface area contributed by atoms with Gasteiger partial charge in [-0.05, 0) is 30.2 Å². The first-order valence-corrected chi connectivity index (χ1v) is 4.39. The summed E-state index contributed by atoms with van der Waals surface area (Å²) >= 11 is 0. The van der Waals surface area contributed by atoms with Crippen LogP contribution >= 0.6 is 0 Å². The molecule has 0 saturated heterocycles. The Morgan fingerprint density at radius 1 is 1.43 bits per heavy atom. The van der Waals surface area contributed by atoms with Crippen molar-refractivity contribution in [3.05, 3.63) is 48.6 Å². The lowest BCUT2D eigenvalue weighted by molar-refractivity contribution is 0.871. The fourth-order valence-electron chi connectivity index (χ4n) is 1.40. The lowest BCUT2D eigenvalue weighted by Crippen LogP contribution is -1.97. The predicted octanol–water partition coefficient (Wildman–Crippen LogP) is 2.22. The summed E-state index contributed by atoms with van der Waals surface area (Å²) in [5.74, 6) is 0. The number of hydrogen-bond donors (Lipinski definition) is 0. The summed E-state index contributed by atoms with van der Waals surface area (Å²) in [5, 5.41) is 4.08. The van der Waals surface area contributed by atoms with Gasteiger partial charge in [-0.25, -0.2) is 9.67 Å². The van der Waals surface area contributed by atoms with E-state index in [1.807, 2.05) is 25.1 Å². The van der Waals surface area contributed by atoms with Crippen molar-refractivity contribution in [1.82, 2.24) is 14.8 Å². The van der Waals surface area contributed by atoms with Crippen LogP contribution in [-0.4, -0.2) is 14.8 Å². The van der Waals surface area contributed by atoms with E-state index in [4.69, 9.17) is 0 Å². The Morgan fingerprint density at radius 3 is 2.86 bits per heavy atom. The lowest BCUT2D eigenvalue weighted by atomic mass is 10.1.